The molecule has 0 aliphatic carbocycles. The number of halogens is 2. The minimum absolute atomic E-state index is 0.295. The first-order valence-corrected chi connectivity index (χ1v) is 5.30. The van der Waals surface area contributed by atoms with Gasteiger partial charge in [0.15, 0.2) is 3.78 Å². The zero-order valence-electron chi connectivity index (χ0n) is 8.67. The SMILES string of the molecule is CCN(C(=O)N(C)C)C(=O)C(C)(Cl)Br. The van der Waals surface area contributed by atoms with E-state index < -0.39 is 9.69 Å². The lowest BCUT2D eigenvalue weighted by Gasteiger charge is -2.26. The van der Waals surface area contributed by atoms with Gasteiger partial charge >= 0.3 is 6.03 Å². The molecule has 6 heteroatoms. The van der Waals surface area contributed by atoms with Gasteiger partial charge in [0.05, 0.1) is 0 Å². The van der Waals surface area contributed by atoms with E-state index in [1.165, 1.54) is 11.8 Å². The highest BCUT2D eigenvalue weighted by Gasteiger charge is 2.34. The molecule has 0 saturated carbocycles. The molecule has 82 valence electrons. The Morgan fingerprint density at radius 2 is 1.86 bits per heavy atom. The maximum absolute atomic E-state index is 11.6. The zero-order chi connectivity index (χ0) is 11.5. The lowest BCUT2D eigenvalue weighted by atomic mass is 10.4. The maximum atomic E-state index is 11.6. The van der Waals surface area contributed by atoms with Crippen molar-refractivity contribution in [2.24, 2.45) is 0 Å². The van der Waals surface area contributed by atoms with Crippen LogP contribution in [0.5, 0.6) is 0 Å². The Hall–Kier alpha value is -0.290. The minimum Gasteiger partial charge on any atom is -0.330 e. The quantitative estimate of drug-likeness (QED) is 0.727. The average molecular weight is 286 g/mol. The number of nitrogens with zero attached hydrogens (tertiary/aromatic N) is 2. The van der Waals surface area contributed by atoms with Crippen molar-refractivity contribution in [1.82, 2.24) is 9.80 Å². The first kappa shape index (κ1) is 13.7. The molecule has 0 rings (SSSR count). The van der Waals surface area contributed by atoms with Crippen molar-refractivity contribution in [1.29, 1.82) is 0 Å². The van der Waals surface area contributed by atoms with Gasteiger partial charge in [-0.1, -0.05) is 27.5 Å². The molecule has 0 spiro atoms. The summed E-state index contributed by atoms with van der Waals surface area (Å²) in [5, 5.41) is 0. The second kappa shape index (κ2) is 4.98. The van der Waals surface area contributed by atoms with E-state index in [1.807, 2.05) is 0 Å². The lowest BCUT2D eigenvalue weighted by molar-refractivity contribution is -0.128. The number of imide groups is 1. The van der Waals surface area contributed by atoms with Crippen molar-refractivity contribution >= 4 is 39.5 Å². The number of carbonyl (C=O) groups excluding carboxylic acids is 2. The van der Waals surface area contributed by atoms with Gasteiger partial charge in [-0.05, 0) is 13.8 Å². The van der Waals surface area contributed by atoms with Gasteiger partial charge < -0.3 is 4.90 Å². The van der Waals surface area contributed by atoms with Crippen LogP contribution in [0.4, 0.5) is 4.79 Å². The van der Waals surface area contributed by atoms with Crippen LogP contribution in [0.25, 0.3) is 0 Å². The van der Waals surface area contributed by atoms with Crippen LogP contribution < -0.4 is 0 Å². The number of rotatable bonds is 2. The largest absolute Gasteiger partial charge is 0.330 e. The number of alkyl halides is 2. The molecular weight excluding hydrogens is 271 g/mol. The maximum Gasteiger partial charge on any atom is 0.326 e. The summed E-state index contributed by atoms with van der Waals surface area (Å²) in [4.78, 5) is 25.6. The van der Waals surface area contributed by atoms with E-state index in [2.05, 4.69) is 15.9 Å². The highest BCUT2D eigenvalue weighted by Crippen LogP contribution is 2.25. The van der Waals surface area contributed by atoms with E-state index in [0.717, 1.165) is 4.90 Å². The Balaban J connectivity index is 4.75. The van der Waals surface area contributed by atoms with Crippen LogP contribution in [0.1, 0.15) is 13.8 Å². The van der Waals surface area contributed by atoms with Gasteiger partial charge in [0.25, 0.3) is 5.91 Å². The summed E-state index contributed by atoms with van der Waals surface area (Å²) in [6, 6.07) is -0.371. The molecule has 3 amide bonds. The van der Waals surface area contributed by atoms with E-state index in [1.54, 1.807) is 21.0 Å². The standard InChI is InChI=1S/C8H14BrClN2O2/c1-5-12(7(14)11(3)4)6(13)8(2,9)10/h5H2,1-4H3. The van der Waals surface area contributed by atoms with Gasteiger partial charge in [0.2, 0.25) is 0 Å². The fourth-order valence-electron chi connectivity index (χ4n) is 0.844. The predicted octanol–water partition coefficient (Wildman–Crippen LogP) is 1.87. The van der Waals surface area contributed by atoms with E-state index in [-0.39, 0.29) is 6.03 Å². The molecule has 1 unspecified atom stereocenters. The molecule has 0 bridgehead atoms. The van der Waals surface area contributed by atoms with Gasteiger partial charge in [0, 0.05) is 20.6 Å². The normalized spacial score (nSPS) is 14.4. The average Bonchev–Trinajstić information content (AvgIpc) is 2.03. The summed E-state index contributed by atoms with van der Waals surface area (Å²) in [7, 11) is 3.16. The third kappa shape index (κ3) is 3.46. The summed E-state index contributed by atoms with van der Waals surface area (Å²) in [5.41, 5.74) is 0. The van der Waals surface area contributed by atoms with Crippen LogP contribution >= 0.6 is 27.5 Å². The minimum atomic E-state index is -1.23. The lowest BCUT2D eigenvalue weighted by Crippen LogP contribution is -2.48. The molecule has 0 aromatic heterocycles. The fraction of sp³-hybridized carbons (Fsp3) is 0.750. The van der Waals surface area contributed by atoms with Crippen molar-refractivity contribution in [2.75, 3.05) is 20.6 Å². The Morgan fingerprint density at radius 1 is 1.43 bits per heavy atom. The smallest absolute Gasteiger partial charge is 0.326 e. The molecule has 14 heavy (non-hydrogen) atoms. The molecule has 0 radical (unpaired) electrons. The van der Waals surface area contributed by atoms with Crippen LogP contribution in [-0.2, 0) is 4.79 Å². The Kier molecular flexibility index (Phi) is 4.88. The molecule has 0 aliphatic rings. The molecule has 4 nitrogen and oxygen atoms in total. The molecule has 0 aromatic rings. The van der Waals surface area contributed by atoms with Crippen molar-refractivity contribution in [3.05, 3.63) is 0 Å². The van der Waals surface area contributed by atoms with Gasteiger partial charge in [-0.3, -0.25) is 9.69 Å². The molecule has 0 saturated heterocycles. The molecule has 0 aromatic carbocycles. The zero-order valence-corrected chi connectivity index (χ0v) is 11.0. The highest BCUT2D eigenvalue weighted by atomic mass is 79.9. The number of amides is 3. The number of hydrogen-bond acceptors (Lipinski definition) is 2. The number of carbonyl (C=O) groups is 2. The van der Waals surface area contributed by atoms with Gasteiger partial charge in [-0.15, -0.1) is 0 Å². The van der Waals surface area contributed by atoms with Crippen molar-refractivity contribution in [3.8, 4) is 0 Å². The molecule has 1 atom stereocenters. The molecule has 0 aliphatic heterocycles. The first-order chi connectivity index (χ1) is 6.21. The van der Waals surface area contributed by atoms with Crippen LogP contribution in [0.15, 0.2) is 0 Å². The molecule has 0 N–H and O–H groups in total. The molecule has 0 fully saturated rings. The van der Waals surface area contributed by atoms with Gasteiger partial charge in [0.1, 0.15) is 0 Å². The molecular formula is C8H14BrClN2O2. The van der Waals surface area contributed by atoms with Gasteiger partial charge in [-0.25, -0.2) is 4.79 Å². The topological polar surface area (TPSA) is 40.6 Å². The number of hydrogen-bond donors (Lipinski definition) is 0. The third-order valence-electron chi connectivity index (χ3n) is 1.55. The van der Waals surface area contributed by atoms with Gasteiger partial charge in [-0.2, -0.15) is 0 Å². The Morgan fingerprint density at radius 3 is 2.07 bits per heavy atom. The Labute approximate surface area is 97.3 Å². The predicted molar refractivity (Wildman–Crippen MR) is 59.7 cm³/mol. The number of urea groups is 1. The van der Waals surface area contributed by atoms with E-state index in [9.17, 15) is 9.59 Å². The van der Waals surface area contributed by atoms with Crippen LogP contribution in [0, 0.1) is 0 Å². The monoisotopic (exact) mass is 284 g/mol. The summed E-state index contributed by atoms with van der Waals surface area (Å²) in [5.74, 6) is -0.458. The fourth-order valence-corrected chi connectivity index (χ4v) is 1.16. The highest BCUT2D eigenvalue weighted by molar-refractivity contribution is 9.10. The summed E-state index contributed by atoms with van der Waals surface area (Å²) < 4.78 is -1.23. The van der Waals surface area contributed by atoms with Crippen LogP contribution in [0.3, 0.4) is 0 Å². The van der Waals surface area contributed by atoms with Crippen LogP contribution in [0.2, 0.25) is 0 Å². The van der Waals surface area contributed by atoms with Crippen molar-refractivity contribution < 1.29 is 9.59 Å². The second-order valence-corrected chi connectivity index (χ2v) is 5.91. The van der Waals surface area contributed by atoms with E-state index >= 15 is 0 Å². The summed E-state index contributed by atoms with van der Waals surface area (Å²) >= 11 is 8.77. The summed E-state index contributed by atoms with van der Waals surface area (Å²) in [6.45, 7) is 3.50. The second-order valence-electron chi connectivity index (χ2n) is 3.11. The van der Waals surface area contributed by atoms with Crippen molar-refractivity contribution in [2.45, 2.75) is 17.6 Å². The third-order valence-corrected chi connectivity index (χ3v) is 2.05. The van der Waals surface area contributed by atoms with E-state index in [0.29, 0.717) is 6.54 Å². The summed E-state index contributed by atoms with van der Waals surface area (Å²) in [6.07, 6.45) is 0. The van der Waals surface area contributed by atoms with Crippen LogP contribution in [-0.4, -0.2) is 46.2 Å². The molecule has 0 heterocycles. The van der Waals surface area contributed by atoms with E-state index in [4.69, 9.17) is 11.6 Å². The van der Waals surface area contributed by atoms with Crippen molar-refractivity contribution in [3.63, 3.8) is 0 Å². The Bertz CT molecular complexity index is 238. The first-order valence-electron chi connectivity index (χ1n) is 4.12.